The van der Waals surface area contributed by atoms with Crippen LogP contribution in [0.5, 0.6) is 11.5 Å². The molecule has 0 radical (unpaired) electrons. The van der Waals surface area contributed by atoms with E-state index in [1.165, 1.54) is 48.3 Å². The number of phenolic OH excluding ortho intramolecular Hbond substituents is 2. The molecule has 0 aliphatic rings. The van der Waals surface area contributed by atoms with Crippen molar-refractivity contribution in [3.05, 3.63) is 95.6 Å². The highest BCUT2D eigenvalue weighted by atomic mass is 16.6. The average Bonchev–Trinajstić information content (AvgIpc) is 2.97. The molecular weight excluding hydrogens is 602 g/mol. The van der Waals surface area contributed by atoms with Gasteiger partial charge in [-0.05, 0) is 82.5 Å². The number of ether oxygens (including phenoxy) is 2. The molecule has 11 heteroatoms. The van der Waals surface area contributed by atoms with Crippen LogP contribution in [-0.4, -0.2) is 69.3 Å². The Morgan fingerprint density at radius 3 is 1.70 bits per heavy atom. The van der Waals surface area contributed by atoms with E-state index in [0.717, 1.165) is 5.56 Å². The molecule has 0 aliphatic carbocycles. The van der Waals surface area contributed by atoms with E-state index in [1.54, 1.807) is 53.7 Å². The summed E-state index contributed by atoms with van der Waals surface area (Å²) in [7, 11) is 1.42. The SMILES string of the molecule is CN(C(=O)C(Cc1ccc(O)cc1)NC(=O)OC(C)(C)C)C(C(=O)NC(Cc1ccccc1)C(=O)OC(C)(C)C)c1ccc(O)cc1. The van der Waals surface area contributed by atoms with Gasteiger partial charge in [-0.3, -0.25) is 9.59 Å². The summed E-state index contributed by atoms with van der Waals surface area (Å²) in [4.78, 5) is 55.7. The van der Waals surface area contributed by atoms with Crippen LogP contribution in [0.1, 0.15) is 64.3 Å². The number of aromatic hydroxyl groups is 2. The fraction of sp³-hybridized carbons (Fsp3) is 0.389. The van der Waals surface area contributed by atoms with Gasteiger partial charge in [0.15, 0.2) is 0 Å². The second-order valence-corrected chi connectivity index (χ2v) is 13.3. The highest BCUT2D eigenvalue weighted by Gasteiger charge is 2.37. The van der Waals surface area contributed by atoms with Crippen molar-refractivity contribution in [3.8, 4) is 11.5 Å². The molecule has 0 spiro atoms. The largest absolute Gasteiger partial charge is 0.508 e. The quantitative estimate of drug-likeness (QED) is 0.217. The Kier molecular flexibility index (Phi) is 12.0. The van der Waals surface area contributed by atoms with Gasteiger partial charge in [0.1, 0.15) is 40.8 Å². The third-order valence-corrected chi connectivity index (χ3v) is 6.85. The van der Waals surface area contributed by atoms with Gasteiger partial charge in [0, 0.05) is 19.9 Å². The second-order valence-electron chi connectivity index (χ2n) is 13.3. The number of nitrogens with one attached hydrogen (secondary N) is 2. The smallest absolute Gasteiger partial charge is 0.408 e. The van der Waals surface area contributed by atoms with Gasteiger partial charge in [0.2, 0.25) is 11.8 Å². The standard InChI is InChI=1S/C36H45N3O8/c1-35(2,3)46-33(44)29(22-23-11-9-8-10-12-23)37-31(42)30(25-15-19-27(41)20-16-25)39(7)32(43)28(38-34(45)47-36(4,5)6)21-24-13-17-26(40)18-14-24/h8-20,28-30,40-41H,21-22H2,1-7H3,(H,37,42)(H,38,45). The van der Waals surface area contributed by atoms with Crippen LogP contribution in [-0.2, 0) is 36.7 Å². The third-order valence-electron chi connectivity index (χ3n) is 6.85. The van der Waals surface area contributed by atoms with Gasteiger partial charge < -0.3 is 35.2 Å². The predicted octanol–water partition coefficient (Wildman–Crippen LogP) is 4.80. The van der Waals surface area contributed by atoms with E-state index in [-0.39, 0.29) is 24.3 Å². The van der Waals surface area contributed by atoms with Gasteiger partial charge in [-0.2, -0.15) is 0 Å². The molecule has 0 saturated carbocycles. The molecule has 0 bridgehead atoms. The zero-order valence-electron chi connectivity index (χ0n) is 27.9. The lowest BCUT2D eigenvalue weighted by atomic mass is 9.99. The monoisotopic (exact) mass is 647 g/mol. The third kappa shape index (κ3) is 11.7. The van der Waals surface area contributed by atoms with Crippen molar-refractivity contribution in [2.75, 3.05) is 7.05 Å². The fourth-order valence-corrected chi connectivity index (χ4v) is 4.76. The lowest BCUT2D eigenvalue weighted by Gasteiger charge is -2.33. The molecule has 3 aromatic rings. The van der Waals surface area contributed by atoms with Crippen molar-refractivity contribution < 1.29 is 38.9 Å². The molecule has 3 amide bonds. The van der Waals surface area contributed by atoms with E-state index in [0.29, 0.717) is 11.1 Å². The first-order valence-electron chi connectivity index (χ1n) is 15.3. The first kappa shape index (κ1) is 36.4. The first-order chi connectivity index (χ1) is 21.9. The fourth-order valence-electron chi connectivity index (χ4n) is 4.76. The maximum atomic E-state index is 14.2. The molecule has 3 aromatic carbocycles. The second kappa shape index (κ2) is 15.5. The molecule has 252 valence electrons. The van der Waals surface area contributed by atoms with E-state index in [2.05, 4.69) is 10.6 Å². The van der Waals surface area contributed by atoms with Gasteiger partial charge >= 0.3 is 12.1 Å². The van der Waals surface area contributed by atoms with Crippen LogP contribution in [0.25, 0.3) is 0 Å². The Balaban J connectivity index is 1.99. The highest BCUT2D eigenvalue weighted by Crippen LogP contribution is 2.25. The van der Waals surface area contributed by atoms with E-state index >= 15 is 0 Å². The minimum atomic E-state index is -1.29. The maximum absolute atomic E-state index is 14.2. The average molecular weight is 648 g/mol. The van der Waals surface area contributed by atoms with Crippen LogP contribution >= 0.6 is 0 Å². The zero-order valence-corrected chi connectivity index (χ0v) is 27.9. The molecule has 3 rings (SSSR count). The summed E-state index contributed by atoms with van der Waals surface area (Å²) < 4.78 is 11.0. The summed E-state index contributed by atoms with van der Waals surface area (Å²) in [6.45, 7) is 10.3. The molecule has 0 heterocycles. The number of nitrogens with zero attached hydrogens (tertiary/aromatic N) is 1. The topological polar surface area (TPSA) is 154 Å². The zero-order chi connectivity index (χ0) is 34.9. The number of esters is 1. The molecule has 3 unspecified atom stereocenters. The van der Waals surface area contributed by atoms with Crippen molar-refractivity contribution in [2.24, 2.45) is 0 Å². The molecule has 11 nitrogen and oxygen atoms in total. The highest BCUT2D eigenvalue weighted by molar-refractivity contribution is 5.94. The summed E-state index contributed by atoms with van der Waals surface area (Å²) in [6, 6.07) is 17.5. The number of carbonyl (C=O) groups excluding carboxylic acids is 4. The number of carbonyl (C=O) groups is 4. The van der Waals surface area contributed by atoms with Crippen molar-refractivity contribution in [1.82, 2.24) is 15.5 Å². The van der Waals surface area contributed by atoms with Gasteiger partial charge in [0.25, 0.3) is 0 Å². The van der Waals surface area contributed by atoms with Crippen LogP contribution in [0.2, 0.25) is 0 Å². The minimum absolute atomic E-state index is 0.0150. The number of alkyl carbamates (subject to hydrolysis) is 1. The summed E-state index contributed by atoms with van der Waals surface area (Å²) in [6.07, 6.45) is -0.687. The Morgan fingerprint density at radius 1 is 0.681 bits per heavy atom. The van der Waals surface area contributed by atoms with Crippen molar-refractivity contribution in [1.29, 1.82) is 0 Å². The van der Waals surface area contributed by atoms with Crippen LogP contribution < -0.4 is 10.6 Å². The Morgan fingerprint density at radius 2 is 1.17 bits per heavy atom. The number of rotatable bonds is 11. The van der Waals surface area contributed by atoms with Crippen molar-refractivity contribution in [2.45, 2.75) is 83.7 Å². The van der Waals surface area contributed by atoms with Crippen molar-refractivity contribution in [3.63, 3.8) is 0 Å². The molecule has 0 aromatic heterocycles. The van der Waals surface area contributed by atoms with Crippen LogP contribution in [0.3, 0.4) is 0 Å². The number of amides is 3. The maximum Gasteiger partial charge on any atom is 0.408 e. The van der Waals surface area contributed by atoms with E-state index < -0.39 is 53.2 Å². The summed E-state index contributed by atoms with van der Waals surface area (Å²) in [5.74, 6) is -1.97. The number of likely N-dealkylation sites (N-methyl/N-ethyl adjacent to an activating group) is 1. The normalized spacial score (nSPS) is 13.4. The van der Waals surface area contributed by atoms with Crippen LogP contribution in [0.4, 0.5) is 4.79 Å². The Hall–Kier alpha value is -5.06. The van der Waals surface area contributed by atoms with Crippen LogP contribution in [0.15, 0.2) is 78.9 Å². The van der Waals surface area contributed by atoms with E-state index in [9.17, 15) is 29.4 Å². The molecule has 3 atom stereocenters. The molecule has 0 saturated heterocycles. The summed E-state index contributed by atoms with van der Waals surface area (Å²) in [5.41, 5.74) is 0.0917. The molecular formula is C36H45N3O8. The van der Waals surface area contributed by atoms with Crippen LogP contribution in [0, 0.1) is 0 Å². The molecule has 4 N–H and O–H groups in total. The molecule has 0 aliphatic heterocycles. The predicted molar refractivity (Wildman–Crippen MR) is 177 cm³/mol. The Bertz CT molecular complexity index is 1510. The van der Waals surface area contributed by atoms with E-state index in [4.69, 9.17) is 9.47 Å². The van der Waals surface area contributed by atoms with Gasteiger partial charge in [-0.1, -0.05) is 54.6 Å². The van der Waals surface area contributed by atoms with Gasteiger partial charge in [-0.15, -0.1) is 0 Å². The molecule has 0 fully saturated rings. The summed E-state index contributed by atoms with van der Waals surface area (Å²) >= 11 is 0. The molecule has 47 heavy (non-hydrogen) atoms. The number of hydrogen-bond acceptors (Lipinski definition) is 8. The first-order valence-corrected chi connectivity index (χ1v) is 15.3. The lowest BCUT2D eigenvalue weighted by Crippen LogP contribution is -2.54. The number of hydrogen-bond donors (Lipinski definition) is 4. The Labute approximate surface area is 275 Å². The summed E-state index contributed by atoms with van der Waals surface area (Å²) in [5, 5.41) is 25.1. The van der Waals surface area contributed by atoms with Gasteiger partial charge in [0.05, 0.1) is 0 Å². The minimum Gasteiger partial charge on any atom is -0.508 e. The number of phenols is 2. The lowest BCUT2D eigenvalue weighted by molar-refractivity contribution is -0.159. The van der Waals surface area contributed by atoms with Crippen molar-refractivity contribution >= 4 is 23.9 Å². The number of benzene rings is 3. The van der Waals surface area contributed by atoms with Gasteiger partial charge in [-0.25, -0.2) is 9.59 Å². The van der Waals surface area contributed by atoms with E-state index in [1.807, 2.05) is 30.3 Å².